The standard InChI is InChI=1S/C18H15ClN4O2S/c1-24-14-6-2-12(3-7-14)10-16-20-21-18-23(16)22-17(26-18)11-25-15-8-4-13(19)5-9-15/h2-9H,10-11H2,1H3. The summed E-state index contributed by atoms with van der Waals surface area (Å²) in [7, 11) is 1.65. The van der Waals surface area contributed by atoms with Crippen LogP contribution in [0.3, 0.4) is 0 Å². The Bertz CT molecular complexity index is 1010. The van der Waals surface area contributed by atoms with E-state index in [1.54, 1.807) is 23.8 Å². The number of hydrogen-bond acceptors (Lipinski definition) is 6. The van der Waals surface area contributed by atoms with Crippen LogP contribution in [0.2, 0.25) is 5.02 Å². The zero-order chi connectivity index (χ0) is 17.9. The maximum absolute atomic E-state index is 5.88. The van der Waals surface area contributed by atoms with Gasteiger partial charge in [0, 0.05) is 11.4 Å². The van der Waals surface area contributed by atoms with Crippen LogP contribution in [0.15, 0.2) is 48.5 Å². The predicted octanol–water partition coefficient (Wildman–Crippen LogP) is 4.02. The molecule has 0 radical (unpaired) electrons. The van der Waals surface area contributed by atoms with E-state index in [2.05, 4.69) is 15.3 Å². The molecule has 0 fully saturated rings. The Balaban J connectivity index is 1.48. The number of aromatic nitrogens is 4. The minimum Gasteiger partial charge on any atom is -0.497 e. The van der Waals surface area contributed by atoms with Crippen LogP contribution in [0.1, 0.15) is 16.4 Å². The van der Waals surface area contributed by atoms with Crippen LogP contribution >= 0.6 is 22.9 Å². The maximum atomic E-state index is 5.88. The van der Waals surface area contributed by atoms with Crippen molar-refractivity contribution >= 4 is 27.9 Å². The SMILES string of the molecule is COc1ccc(Cc2nnc3sc(COc4ccc(Cl)cc4)nn23)cc1. The van der Waals surface area contributed by atoms with Crippen molar-refractivity contribution in [2.75, 3.05) is 7.11 Å². The highest BCUT2D eigenvalue weighted by Gasteiger charge is 2.13. The Labute approximate surface area is 159 Å². The first-order valence-corrected chi connectivity index (χ1v) is 9.12. The lowest BCUT2D eigenvalue weighted by Crippen LogP contribution is -2.00. The van der Waals surface area contributed by atoms with Gasteiger partial charge in [0.2, 0.25) is 4.96 Å². The molecule has 0 unspecified atom stereocenters. The molecule has 0 N–H and O–H groups in total. The molecule has 0 aliphatic carbocycles. The largest absolute Gasteiger partial charge is 0.497 e. The topological polar surface area (TPSA) is 61.5 Å². The van der Waals surface area contributed by atoms with E-state index >= 15 is 0 Å². The van der Waals surface area contributed by atoms with Gasteiger partial charge in [0.1, 0.15) is 18.1 Å². The summed E-state index contributed by atoms with van der Waals surface area (Å²) in [6.45, 7) is 0.373. The molecular formula is C18H15ClN4O2S. The molecule has 4 aromatic rings. The normalized spacial score (nSPS) is 11.0. The summed E-state index contributed by atoms with van der Waals surface area (Å²) >= 11 is 7.34. The number of nitrogens with zero attached hydrogens (tertiary/aromatic N) is 4. The van der Waals surface area contributed by atoms with Crippen LogP contribution in [0.5, 0.6) is 11.5 Å². The van der Waals surface area contributed by atoms with Crippen molar-refractivity contribution < 1.29 is 9.47 Å². The van der Waals surface area contributed by atoms with Crippen LogP contribution in [-0.4, -0.2) is 26.9 Å². The van der Waals surface area contributed by atoms with Crippen molar-refractivity contribution in [3.63, 3.8) is 0 Å². The molecule has 0 amide bonds. The lowest BCUT2D eigenvalue weighted by atomic mass is 10.1. The van der Waals surface area contributed by atoms with E-state index in [0.717, 1.165) is 32.9 Å². The van der Waals surface area contributed by atoms with E-state index in [0.29, 0.717) is 18.1 Å². The van der Waals surface area contributed by atoms with E-state index in [1.165, 1.54) is 11.3 Å². The molecule has 2 heterocycles. The first-order valence-electron chi connectivity index (χ1n) is 7.92. The van der Waals surface area contributed by atoms with Gasteiger partial charge in [-0.3, -0.25) is 0 Å². The molecule has 2 aromatic heterocycles. The fourth-order valence-electron chi connectivity index (χ4n) is 2.47. The van der Waals surface area contributed by atoms with Crippen molar-refractivity contribution in [1.82, 2.24) is 19.8 Å². The summed E-state index contributed by atoms with van der Waals surface area (Å²) in [5, 5.41) is 14.5. The van der Waals surface area contributed by atoms with Gasteiger partial charge < -0.3 is 9.47 Å². The summed E-state index contributed by atoms with van der Waals surface area (Å²) in [4.78, 5) is 0.753. The zero-order valence-electron chi connectivity index (χ0n) is 13.9. The van der Waals surface area contributed by atoms with E-state index in [9.17, 15) is 0 Å². The van der Waals surface area contributed by atoms with Gasteiger partial charge in [-0.15, -0.1) is 10.2 Å². The second-order valence-electron chi connectivity index (χ2n) is 5.57. The van der Waals surface area contributed by atoms with Gasteiger partial charge in [0.25, 0.3) is 0 Å². The van der Waals surface area contributed by atoms with Crippen molar-refractivity contribution in [3.8, 4) is 11.5 Å². The quantitative estimate of drug-likeness (QED) is 0.501. The zero-order valence-corrected chi connectivity index (χ0v) is 15.5. The molecule has 132 valence electrons. The minimum absolute atomic E-state index is 0.373. The fourth-order valence-corrected chi connectivity index (χ4v) is 3.36. The molecule has 0 saturated heterocycles. The molecule has 0 bridgehead atoms. The molecule has 0 spiro atoms. The van der Waals surface area contributed by atoms with Crippen LogP contribution in [0, 0.1) is 0 Å². The fraction of sp³-hybridized carbons (Fsp3) is 0.167. The van der Waals surface area contributed by atoms with Crippen LogP contribution in [-0.2, 0) is 13.0 Å². The lowest BCUT2D eigenvalue weighted by Gasteiger charge is -2.03. The van der Waals surface area contributed by atoms with E-state index in [-0.39, 0.29) is 0 Å². The Morgan fingerprint density at radius 2 is 1.73 bits per heavy atom. The number of hydrogen-bond donors (Lipinski definition) is 0. The third-order valence-electron chi connectivity index (χ3n) is 3.79. The first-order chi connectivity index (χ1) is 12.7. The second-order valence-corrected chi connectivity index (χ2v) is 7.05. The number of rotatable bonds is 6. The highest BCUT2D eigenvalue weighted by Crippen LogP contribution is 2.20. The van der Waals surface area contributed by atoms with Crippen LogP contribution in [0.4, 0.5) is 0 Å². The molecule has 26 heavy (non-hydrogen) atoms. The van der Waals surface area contributed by atoms with Crippen molar-refractivity contribution in [3.05, 3.63) is 69.9 Å². The van der Waals surface area contributed by atoms with Gasteiger partial charge in [-0.05, 0) is 42.0 Å². The molecule has 0 saturated carbocycles. The van der Waals surface area contributed by atoms with Gasteiger partial charge >= 0.3 is 0 Å². The summed E-state index contributed by atoms with van der Waals surface area (Å²) in [6, 6.07) is 15.1. The van der Waals surface area contributed by atoms with Crippen molar-refractivity contribution in [1.29, 1.82) is 0 Å². The average molecular weight is 387 g/mol. The number of halogens is 1. The average Bonchev–Trinajstić information content (AvgIpc) is 3.23. The van der Waals surface area contributed by atoms with Gasteiger partial charge in [0.15, 0.2) is 10.8 Å². The summed E-state index contributed by atoms with van der Waals surface area (Å²) in [6.07, 6.45) is 0.645. The van der Waals surface area contributed by atoms with Gasteiger partial charge in [-0.25, -0.2) is 0 Å². The van der Waals surface area contributed by atoms with Gasteiger partial charge in [-0.1, -0.05) is 35.1 Å². The third kappa shape index (κ3) is 3.63. The maximum Gasteiger partial charge on any atom is 0.234 e. The number of ether oxygens (including phenoxy) is 2. The molecule has 0 aliphatic rings. The monoisotopic (exact) mass is 386 g/mol. The highest BCUT2D eigenvalue weighted by atomic mass is 35.5. The summed E-state index contributed by atoms with van der Waals surface area (Å²) < 4.78 is 12.7. The smallest absolute Gasteiger partial charge is 0.234 e. The predicted molar refractivity (Wildman–Crippen MR) is 100 cm³/mol. The Hall–Kier alpha value is -2.64. The Morgan fingerprint density at radius 3 is 2.46 bits per heavy atom. The third-order valence-corrected chi connectivity index (χ3v) is 4.92. The Morgan fingerprint density at radius 1 is 1.00 bits per heavy atom. The van der Waals surface area contributed by atoms with E-state index in [4.69, 9.17) is 21.1 Å². The minimum atomic E-state index is 0.373. The lowest BCUT2D eigenvalue weighted by molar-refractivity contribution is 0.304. The number of methoxy groups -OCH3 is 1. The summed E-state index contributed by atoms with van der Waals surface area (Å²) in [5.41, 5.74) is 1.12. The van der Waals surface area contributed by atoms with E-state index in [1.807, 2.05) is 36.4 Å². The first kappa shape index (κ1) is 16.8. The van der Waals surface area contributed by atoms with Gasteiger partial charge in [-0.2, -0.15) is 9.61 Å². The second kappa shape index (κ2) is 7.31. The molecule has 0 aliphatic heterocycles. The van der Waals surface area contributed by atoms with E-state index < -0.39 is 0 Å². The highest BCUT2D eigenvalue weighted by molar-refractivity contribution is 7.16. The molecule has 4 rings (SSSR count). The van der Waals surface area contributed by atoms with Crippen LogP contribution < -0.4 is 9.47 Å². The van der Waals surface area contributed by atoms with Crippen molar-refractivity contribution in [2.45, 2.75) is 13.0 Å². The molecule has 8 heteroatoms. The molecule has 0 atom stereocenters. The number of benzene rings is 2. The van der Waals surface area contributed by atoms with Gasteiger partial charge in [0.05, 0.1) is 7.11 Å². The Kier molecular flexibility index (Phi) is 4.73. The molecule has 2 aromatic carbocycles. The van der Waals surface area contributed by atoms with Crippen LogP contribution in [0.25, 0.3) is 4.96 Å². The molecular weight excluding hydrogens is 372 g/mol. The summed E-state index contributed by atoms with van der Waals surface area (Å²) in [5.74, 6) is 2.37. The number of fused-ring (bicyclic) bond motifs is 1. The molecule has 6 nitrogen and oxygen atoms in total. The van der Waals surface area contributed by atoms with Crippen molar-refractivity contribution in [2.24, 2.45) is 0 Å².